The minimum absolute atomic E-state index is 0. The van der Waals surface area contributed by atoms with Crippen LogP contribution in [-0.4, -0.2) is 36.4 Å². The van der Waals surface area contributed by atoms with Crippen LogP contribution in [-0.2, 0) is 9.53 Å². The summed E-state index contributed by atoms with van der Waals surface area (Å²) in [5.74, 6) is -0.204. The highest BCUT2D eigenvalue weighted by molar-refractivity contribution is 5.85. The second-order valence-electron chi connectivity index (χ2n) is 6.91. The fraction of sp³-hybridized carbons (Fsp3) is 0.947. The Morgan fingerprint density at radius 3 is 1.92 bits per heavy atom. The van der Waals surface area contributed by atoms with Crippen molar-refractivity contribution in [3.63, 3.8) is 0 Å². The Morgan fingerprint density at radius 1 is 0.958 bits per heavy atom. The number of β-amino-alcohol motifs (C(OH)–C–C–N with tert-alkyl or cyclic N) is 1. The van der Waals surface area contributed by atoms with Crippen molar-refractivity contribution >= 4 is 18.4 Å². The van der Waals surface area contributed by atoms with Crippen molar-refractivity contribution in [2.75, 3.05) is 13.2 Å². The van der Waals surface area contributed by atoms with Crippen molar-refractivity contribution in [3.8, 4) is 0 Å². The SMILES string of the molecule is CCCCCCCCCCCCCCOC(=O)[C@@H]1C[C@@H](O)CN1.Cl. The Hall–Kier alpha value is -0.320. The van der Waals surface area contributed by atoms with E-state index in [1.807, 2.05) is 0 Å². The molecule has 0 aromatic rings. The third kappa shape index (κ3) is 12.1. The zero-order valence-corrected chi connectivity index (χ0v) is 16.2. The number of aliphatic hydroxyl groups is 1. The van der Waals surface area contributed by atoms with Gasteiger partial charge in [-0.3, -0.25) is 4.79 Å². The van der Waals surface area contributed by atoms with Crippen molar-refractivity contribution in [3.05, 3.63) is 0 Å². The lowest BCUT2D eigenvalue weighted by Gasteiger charge is -2.10. The van der Waals surface area contributed by atoms with Crippen LogP contribution in [0.3, 0.4) is 0 Å². The maximum Gasteiger partial charge on any atom is 0.323 e. The predicted octanol–water partition coefficient (Wildman–Crippen LogP) is 4.38. The second kappa shape index (κ2) is 16.2. The summed E-state index contributed by atoms with van der Waals surface area (Å²) >= 11 is 0. The summed E-state index contributed by atoms with van der Waals surface area (Å²) in [5.41, 5.74) is 0. The standard InChI is InChI=1S/C19H37NO3.ClH/c1-2-3-4-5-6-7-8-9-10-11-12-13-14-23-19(22)18-15-17(21)16-20-18;/h17-18,20-21H,2-16H2,1H3;1H/t17-,18+;/m1./s1. The van der Waals surface area contributed by atoms with Crippen LogP contribution in [0, 0.1) is 0 Å². The molecule has 0 bridgehead atoms. The van der Waals surface area contributed by atoms with Crippen LogP contribution >= 0.6 is 12.4 Å². The maximum atomic E-state index is 11.7. The van der Waals surface area contributed by atoms with E-state index >= 15 is 0 Å². The molecule has 2 atom stereocenters. The summed E-state index contributed by atoms with van der Waals surface area (Å²) in [5, 5.41) is 12.3. The van der Waals surface area contributed by atoms with Gasteiger partial charge in [0.05, 0.1) is 12.7 Å². The van der Waals surface area contributed by atoms with E-state index in [1.54, 1.807) is 0 Å². The van der Waals surface area contributed by atoms with Gasteiger partial charge in [-0.1, -0.05) is 77.6 Å². The van der Waals surface area contributed by atoms with Crippen molar-refractivity contribution in [2.45, 2.75) is 103 Å². The molecule has 1 heterocycles. The van der Waals surface area contributed by atoms with Gasteiger partial charge in [0.2, 0.25) is 0 Å². The van der Waals surface area contributed by atoms with Gasteiger partial charge >= 0.3 is 5.97 Å². The van der Waals surface area contributed by atoms with E-state index in [1.165, 1.54) is 64.2 Å². The average Bonchev–Trinajstić information content (AvgIpc) is 2.98. The molecule has 0 aliphatic carbocycles. The molecule has 1 rings (SSSR count). The van der Waals surface area contributed by atoms with Crippen LogP contribution in [0.1, 0.15) is 90.4 Å². The third-order valence-corrected chi connectivity index (χ3v) is 4.63. The van der Waals surface area contributed by atoms with E-state index in [9.17, 15) is 9.90 Å². The number of nitrogens with one attached hydrogen (secondary N) is 1. The summed E-state index contributed by atoms with van der Waals surface area (Å²) in [6, 6.07) is -0.303. The Morgan fingerprint density at radius 2 is 1.46 bits per heavy atom. The van der Waals surface area contributed by atoms with Crippen LogP contribution in [0.15, 0.2) is 0 Å². The Kier molecular flexibility index (Phi) is 15.9. The second-order valence-corrected chi connectivity index (χ2v) is 6.91. The summed E-state index contributed by atoms with van der Waals surface area (Å²) in [7, 11) is 0. The molecule has 0 unspecified atom stereocenters. The number of halogens is 1. The Bertz CT molecular complexity index is 302. The lowest BCUT2D eigenvalue weighted by molar-refractivity contribution is -0.146. The monoisotopic (exact) mass is 363 g/mol. The number of hydrogen-bond donors (Lipinski definition) is 2. The average molecular weight is 364 g/mol. The molecule has 1 aliphatic heterocycles. The minimum atomic E-state index is -0.404. The molecule has 1 aliphatic rings. The first-order valence-corrected chi connectivity index (χ1v) is 9.82. The zero-order chi connectivity index (χ0) is 16.8. The van der Waals surface area contributed by atoms with Crippen LogP contribution < -0.4 is 5.32 Å². The molecule has 4 nitrogen and oxygen atoms in total. The largest absolute Gasteiger partial charge is 0.465 e. The maximum absolute atomic E-state index is 11.7. The molecule has 5 heteroatoms. The lowest BCUT2D eigenvalue weighted by Crippen LogP contribution is -2.32. The quantitative estimate of drug-likeness (QED) is 0.355. The topological polar surface area (TPSA) is 58.6 Å². The van der Waals surface area contributed by atoms with Crippen molar-refractivity contribution in [1.82, 2.24) is 5.32 Å². The smallest absolute Gasteiger partial charge is 0.323 e. The molecule has 24 heavy (non-hydrogen) atoms. The van der Waals surface area contributed by atoms with E-state index in [2.05, 4.69) is 12.2 Å². The predicted molar refractivity (Wildman–Crippen MR) is 102 cm³/mol. The molecule has 1 saturated heterocycles. The number of ether oxygens (including phenoxy) is 1. The number of unbranched alkanes of at least 4 members (excludes halogenated alkanes) is 11. The first kappa shape index (κ1) is 23.7. The van der Waals surface area contributed by atoms with Gasteiger partial charge < -0.3 is 15.2 Å². The molecule has 0 saturated carbocycles. The van der Waals surface area contributed by atoms with Gasteiger partial charge in [-0.2, -0.15) is 0 Å². The lowest BCUT2D eigenvalue weighted by atomic mass is 10.1. The first-order chi connectivity index (χ1) is 11.2. The highest BCUT2D eigenvalue weighted by Crippen LogP contribution is 2.12. The number of carbonyl (C=O) groups is 1. The van der Waals surface area contributed by atoms with Gasteiger partial charge in [0, 0.05) is 13.0 Å². The molecule has 0 amide bonds. The fourth-order valence-corrected chi connectivity index (χ4v) is 3.11. The summed E-state index contributed by atoms with van der Waals surface area (Å²) in [6.07, 6.45) is 15.8. The molecule has 1 fully saturated rings. The molecule has 2 N–H and O–H groups in total. The van der Waals surface area contributed by atoms with Crippen LogP contribution in [0.2, 0.25) is 0 Å². The van der Waals surface area contributed by atoms with Gasteiger partial charge in [0.25, 0.3) is 0 Å². The number of carbonyl (C=O) groups excluding carboxylic acids is 1. The summed E-state index contributed by atoms with van der Waals surface area (Å²) < 4.78 is 5.25. The van der Waals surface area contributed by atoms with Crippen LogP contribution in [0.25, 0.3) is 0 Å². The Labute approximate surface area is 154 Å². The van der Waals surface area contributed by atoms with Gasteiger partial charge in [0.15, 0.2) is 0 Å². The van der Waals surface area contributed by atoms with Gasteiger partial charge in [-0.15, -0.1) is 12.4 Å². The molecule has 0 aromatic heterocycles. The summed E-state index contributed by atoms with van der Waals surface area (Å²) in [4.78, 5) is 11.7. The molecule has 0 spiro atoms. The first-order valence-electron chi connectivity index (χ1n) is 9.82. The minimum Gasteiger partial charge on any atom is -0.465 e. The van der Waals surface area contributed by atoms with E-state index in [4.69, 9.17) is 4.74 Å². The molecular formula is C19H38ClNO3. The number of hydrogen-bond acceptors (Lipinski definition) is 4. The number of aliphatic hydroxyl groups excluding tert-OH is 1. The third-order valence-electron chi connectivity index (χ3n) is 4.63. The number of esters is 1. The van der Waals surface area contributed by atoms with Crippen LogP contribution in [0.4, 0.5) is 0 Å². The van der Waals surface area contributed by atoms with Crippen molar-refractivity contribution in [2.24, 2.45) is 0 Å². The van der Waals surface area contributed by atoms with E-state index in [0.717, 1.165) is 12.8 Å². The zero-order valence-electron chi connectivity index (χ0n) is 15.4. The van der Waals surface area contributed by atoms with E-state index < -0.39 is 6.10 Å². The van der Waals surface area contributed by atoms with E-state index in [-0.39, 0.29) is 24.4 Å². The van der Waals surface area contributed by atoms with Crippen molar-refractivity contribution in [1.29, 1.82) is 0 Å². The van der Waals surface area contributed by atoms with Gasteiger partial charge in [-0.05, 0) is 6.42 Å². The van der Waals surface area contributed by atoms with Gasteiger partial charge in [0.1, 0.15) is 6.04 Å². The highest BCUT2D eigenvalue weighted by atomic mass is 35.5. The van der Waals surface area contributed by atoms with Crippen molar-refractivity contribution < 1.29 is 14.6 Å². The molecule has 0 radical (unpaired) electrons. The molecular weight excluding hydrogens is 326 g/mol. The highest BCUT2D eigenvalue weighted by Gasteiger charge is 2.28. The number of rotatable bonds is 14. The Balaban J connectivity index is 0.00000529. The fourth-order valence-electron chi connectivity index (χ4n) is 3.11. The normalized spacial score (nSPS) is 19.9. The van der Waals surface area contributed by atoms with E-state index in [0.29, 0.717) is 19.6 Å². The van der Waals surface area contributed by atoms with Gasteiger partial charge in [-0.25, -0.2) is 0 Å². The molecule has 144 valence electrons. The van der Waals surface area contributed by atoms with Crippen LogP contribution in [0.5, 0.6) is 0 Å². The molecule has 0 aromatic carbocycles. The summed E-state index contributed by atoms with van der Waals surface area (Å²) in [6.45, 7) is 3.28.